The fourth-order valence-corrected chi connectivity index (χ4v) is 2.90. The maximum absolute atomic E-state index is 12.8. The van der Waals surface area contributed by atoms with E-state index in [-0.39, 0.29) is 49.9 Å². The van der Waals surface area contributed by atoms with E-state index in [9.17, 15) is 19.2 Å². The first-order valence-electron chi connectivity index (χ1n) is 13.1. The summed E-state index contributed by atoms with van der Waals surface area (Å²) in [6.45, 7) is 12.2. The lowest BCUT2D eigenvalue weighted by Gasteiger charge is -2.21. The molecule has 0 fully saturated rings. The van der Waals surface area contributed by atoms with Crippen LogP contribution in [0.4, 0.5) is 21.0 Å². The largest absolute Gasteiger partial charge is 0.480 e. The summed E-state index contributed by atoms with van der Waals surface area (Å²) in [5, 5.41) is 16.3. The highest BCUT2D eigenvalue weighted by atomic mass is 16.6. The van der Waals surface area contributed by atoms with Crippen molar-refractivity contribution in [1.82, 2.24) is 5.32 Å². The lowest BCUT2D eigenvalue weighted by atomic mass is 10.1. The van der Waals surface area contributed by atoms with E-state index in [2.05, 4.69) is 16.0 Å². The van der Waals surface area contributed by atoms with E-state index in [0.29, 0.717) is 26.4 Å². The Balaban J connectivity index is 2.50. The summed E-state index contributed by atoms with van der Waals surface area (Å²) in [6.07, 6.45) is -1.43. The number of ether oxygens (including phenoxy) is 6. The van der Waals surface area contributed by atoms with Crippen LogP contribution in [0.5, 0.6) is 0 Å². The number of anilines is 2. The van der Waals surface area contributed by atoms with E-state index < -0.39 is 35.3 Å². The van der Waals surface area contributed by atoms with Crippen molar-refractivity contribution < 1.29 is 52.7 Å². The molecule has 4 N–H and O–H groups in total. The zero-order valence-corrected chi connectivity index (χ0v) is 24.6. The minimum absolute atomic E-state index is 0.182. The highest BCUT2D eigenvalue weighted by Crippen LogP contribution is 2.21. The first-order valence-corrected chi connectivity index (χ1v) is 13.1. The number of hydrogen-bond donors (Lipinski definition) is 4. The van der Waals surface area contributed by atoms with Gasteiger partial charge in [0, 0.05) is 23.5 Å². The third kappa shape index (κ3) is 19.3. The number of aliphatic carboxylic acids is 1. The molecule has 1 aromatic carbocycles. The topological polar surface area (TPSA) is 180 Å². The number of carboxylic acid groups (broad SMARTS) is 1. The zero-order chi connectivity index (χ0) is 30.9. The van der Waals surface area contributed by atoms with Gasteiger partial charge in [0.25, 0.3) is 5.91 Å². The van der Waals surface area contributed by atoms with Crippen molar-refractivity contribution in [2.24, 2.45) is 0 Å². The Labute approximate surface area is 240 Å². The van der Waals surface area contributed by atoms with Gasteiger partial charge < -0.3 is 38.8 Å². The molecule has 0 aliphatic heterocycles. The molecule has 0 unspecified atom stereocenters. The summed E-state index contributed by atoms with van der Waals surface area (Å²) in [7, 11) is 0. The van der Waals surface area contributed by atoms with Gasteiger partial charge in [-0.2, -0.15) is 0 Å². The van der Waals surface area contributed by atoms with E-state index >= 15 is 0 Å². The van der Waals surface area contributed by atoms with E-state index in [1.165, 1.54) is 18.2 Å². The lowest BCUT2D eigenvalue weighted by Crippen LogP contribution is -2.29. The maximum atomic E-state index is 12.8. The van der Waals surface area contributed by atoms with Crippen molar-refractivity contribution >= 4 is 35.4 Å². The number of carboxylic acids is 1. The molecule has 41 heavy (non-hydrogen) atoms. The highest BCUT2D eigenvalue weighted by Gasteiger charge is 2.19. The van der Waals surface area contributed by atoms with Gasteiger partial charge >= 0.3 is 18.2 Å². The van der Waals surface area contributed by atoms with Crippen molar-refractivity contribution in [2.75, 3.05) is 70.0 Å². The van der Waals surface area contributed by atoms with Gasteiger partial charge in [0.05, 0.1) is 46.2 Å². The Morgan fingerprint density at radius 1 is 0.659 bits per heavy atom. The Bertz CT molecular complexity index is 939. The summed E-state index contributed by atoms with van der Waals surface area (Å²) < 4.78 is 31.4. The Kier molecular flexibility index (Phi) is 15.7. The molecule has 14 nitrogen and oxygen atoms in total. The van der Waals surface area contributed by atoms with E-state index in [1.807, 2.05) is 0 Å². The van der Waals surface area contributed by atoms with Crippen molar-refractivity contribution in [3.63, 3.8) is 0 Å². The van der Waals surface area contributed by atoms with Gasteiger partial charge in [-0.15, -0.1) is 0 Å². The third-order valence-corrected chi connectivity index (χ3v) is 4.36. The highest BCUT2D eigenvalue weighted by molar-refractivity contribution is 5.99. The molecule has 232 valence electrons. The second-order valence-electron chi connectivity index (χ2n) is 10.6. The van der Waals surface area contributed by atoms with Gasteiger partial charge in [0.2, 0.25) is 0 Å². The van der Waals surface area contributed by atoms with Gasteiger partial charge in [-0.1, -0.05) is 0 Å². The molecule has 0 bridgehead atoms. The van der Waals surface area contributed by atoms with Gasteiger partial charge in [0.15, 0.2) is 0 Å². The van der Waals surface area contributed by atoms with Crippen LogP contribution in [0.15, 0.2) is 18.2 Å². The first-order chi connectivity index (χ1) is 19.1. The molecule has 0 aromatic heterocycles. The average molecular weight is 586 g/mol. The monoisotopic (exact) mass is 585 g/mol. The lowest BCUT2D eigenvalue weighted by molar-refractivity contribution is -0.142. The number of amides is 3. The number of carbonyl (C=O) groups excluding carboxylic acids is 3. The van der Waals surface area contributed by atoms with Crippen molar-refractivity contribution in [3.05, 3.63) is 23.8 Å². The van der Waals surface area contributed by atoms with Crippen LogP contribution in [0.3, 0.4) is 0 Å². The number of benzene rings is 1. The normalized spacial score (nSPS) is 11.5. The predicted molar refractivity (Wildman–Crippen MR) is 149 cm³/mol. The van der Waals surface area contributed by atoms with Crippen molar-refractivity contribution in [3.8, 4) is 0 Å². The summed E-state index contributed by atoms with van der Waals surface area (Å²) in [5.41, 5.74) is -0.794. The number of carbonyl (C=O) groups is 4. The first kappa shape index (κ1) is 35.6. The molecule has 3 amide bonds. The van der Waals surface area contributed by atoms with Crippen LogP contribution < -0.4 is 16.0 Å². The molecule has 0 radical (unpaired) electrons. The maximum Gasteiger partial charge on any atom is 0.412 e. The minimum Gasteiger partial charge on any atom is -0.480 e. The van der Waals surface area contributed by atoms with Crippen LogP contribution in [0.25, 0.3) is 0 Å². The number of rotatable bonds is 17. The molecule has 0 heterocycles. The summed E-state index contributed by atoms with van der Waals surface area (Å²) in [4.78, 5) is 47.6. The van der Waals surface area contributed by atoms with E-state index in [4.69, 9.17) is 33.5 Å². The van der Waals surface area contributed by atoms with Crippen molar-refractivity contribution in [2.45, 2.75) is 52.7 Å². The van der Waals surface area contributed by atoms with Crippen LogP contribution in [0.2, 0.25) is 0 Å². The van der Waals surface area contributed by atoms with Crippen LogP contribution in [0, 0.1) is 0 Å². The Morgan fingerprint density at radius 3 is 1.49 bits per heavy atom. The van der Waals surface area contributed by atoms with Gasteiger partial charge in [-0.05, 0) is 59.7 Å². The molecule has 0 saturated heterocycles. The number of hydrogen-bond acceptors (Lipinski definition) is 10. The molecule has 1 rings (SSSR count). The second kappa shape index (κ2) is 18.1. The fraction of sp³-hybridized carbons (Fsp3) is 0.630. The fourth-order valence-electron chi connectivity index (χ4n) is 2.90. The molecular formula is C27H43N3O11. The smallest absolute Gasteiger partial charge is 0.412 e. The standard InChI is InChI=1S/C27H43N3O11/c1-26(2,3)40-24(34)29-20-15-19(16-21(17-20)30-25(35)41-27(4,5)6)23(33)28-7-8-36-9-10-37-11-12-38-13-14-39-18-22(31)32/h15-17H,7-14,18H2,1-6H3,(H,28,33)(H,29,34)(H,30,35)(H,31,32). The van der Waals surface area contributed by atoms with E-state index in [0.717, 1.165) is 0 Å². The van der Waals surface area contributed by atoms with Crippen LogP contribution in [-0.2, 0) is 33.2 Å². The van der Waals surface area contributed by atoms with Crippen LogP contribution in [0.1, 0.15) is 51.9 Å². The summed E-state index contributed by atoms with van der Waals surface area (Å²) in [6, 6.07) is 4.38. The average Bonchev–Trinajstić information content (AvgIpc) is 2.81. The molecule has 0 aliphatic carbocycles. The Morgan fingerprint density at radius 2 is 1.07 bits per heavy atom. The number of nitrogens with one attached hydrogen (secondary N) is 3. The zero-order valence-electron chi connectivity index (χ0n) is 24.6. The second-order valence-corrected chi connectivity index (χ2v) is 10.6. The summed E-state index contributed by atoms with van der Waals surface area (Å²) >= 11 is 0. The molecule has 0 saturated carbocycles. The van der Waals surface area contributed by atoms with Crippen LogP contribution >= 0.6 is 0 Å². The van der Waals surface area contributed by atoms with Gasteiger partial charge in [-0.25, -0.2) is 14.4 Å². The molecule has 0 aliphatic rings. The molecular weight excluding hydrogens is 542 g/mol. The molecule has 0 spiro atoms. The molecule has 0 atom stereocenters. The molecule has 1 aromatic rings. The summed E-state index contributed by atoms with van der Waals surface area (Å²) in [5.74, 6) is -1.48. The van der Waals surface area contributed by atoms with E-state index in [1.54, 1.807) is 41.5 Å². The van der Waals surface area contributed by atoms with Crippen molar-refractivity contribution in [1.29, 1.82) is 0 Å². The minimum atomic E-state index is -1.03. The molecule has 14 heteroatoms. The SMILES string of the molecule is CC(C)(C)OC(=O)Nc1cc(NC(=O)OC(C)(C)C)cc(C(=O)NCCOCCOCCOCCOCC(=O)O)c1. The van der Waals surface area contributed by atoms with Crippen LogP contribution in [-0.4, -0.2) is 99.8 Å². The van der Waals surface area contributed by atoms with Gasteiger partial charge in [-0.3, -0.25) is 15.4 Å². The van der Waals surface area contributed by atoms with Gasteiger partial charge in [0.1, 0.15) is 17.8 Å². The Hall–Kier alpha value is -3.46. The quantitative estimate of drug-likeness (QED) is 0.197. The predicted octanol–water partition coefficient (Wildman–Crippen LogP) is 3.26. The third-order valence-electron chi connectivity index (χ3n) is 4.36.